The van der Waals surface area contributed by atoms with E-state index >= 15 is 0 Å². The van der Waals surface area contributed by atoms with E-state index in [0.717, 1.165) is 45.0 Å². The van der Waals surface area contributed by atoms with E-state index in [1.807, 2.05) is 23.1 Å². The van der Waals surface area contributed by atoms with Crippen LogP contribution in [0.4, 0.5) is 0 Å². The molecule has 2 saturated heterocycles. The molecule has 1 N–H and O–H groups in total. The highest BCUT2D eigenvalue weighted by Gasteiger charge is 2.35. The Hall–Kier alpha value is -1.50. The fourth-order valence-corrected chi connectivity index (χ4v) is 3.86. The molecule has 2 atom stereocenters. The predicted octanol–water partition coefficient (Wildman–Crippen LogP) is 0.329. The number of piperazine rings is 1. The zero-order valence-electron chi connectivity index (χ0n) is 15.2. The maximum atomic E-state index is 12.6. The van der Waals surface area contributed by atoms with E-state index < -0.39 is 0 Å². The zero-order valence-corrected chi connectivity index (χ0v) is 15.2. The van der Waals surface area contributed by atoms with Crippen molar-refractivity contribution in [3.8, 4) is 0 Å². The average Bonchev–Trinajstić information content (AvgIpc) is 3.05. The van der Waals surface area contributed by atoms with E-state index in [-0.39, 0.29) is 18.4 Å². The van der Waals surface area contributed by atoms with Gasteiger partial charge in [-0.3, -0.25) is 9.78 Å². The monoisotopic (exact) mass is 346 g/mol. The maximum absolute atomic E-state index is 12.6. The number of hydrogen-bond acceptors (Lipinski definition) is 5. The number of pyridine rings is 1. The van der Waals surface area contributed by atoms with Gasteiger partial charge in [-0.25, -0.2) is 0 Å². The summed E-state index contributed by atoms with van der Waals surface area (Å²) in [6.07, 6.45) is 2.95. The summed E-state index contributed by atoms with van der Waals surface area (Å²) in [5.74, 6) is 0.774. The fourth-order valence-electron chi connectivity index (χ4n) is 3.86. The highest BCUT2D eigenvalue weighted by Crippen LogP contribution is 2.25. The van der Waals surface area contributed by atoms with Crippen molar-refractivity contribution in [2.24, 2.45) is 11.8 Å². The van der Waals surface area contributed by atoms with Gasteiger partial charge in [0.05, 0.1) is 0 Å². The number of amides is 1. The second-order valence-corrected chi connectivity index (χ2v) is 7.43. The molecule has 1 aromatic rings. The van der Waals surface area contributed by atoms with Crippen molar-refractivity contribution in [1.29, 1.82) is 0 Å². The number of hydrogen-bond donors (Lipinski definition) is 1. The van der Waals surface area contributed by atoms with E-state index in [9.17, 15) is 9.90 Å². The third-order valence-electron chi connectivity index (χ3n) is 5.57. The van der Waals surface area contributed by atoms with Crippen LogP contribution < -0.4 is 0 Å². The quantitative estimate of drug-likeness (QED) is 0.804. The number of aliphatic hydroxyl groups is 1. The molecule has 3 heterocycles. The Kier molecular flexibility index (Phi) is 6.39. The number of aromatic nitrogens is 1. The lowest BCUT2D eigenvalue weighted by Crippen LogP contribution is -2.47. The molecule has 0 unspecified atom stereocenters. The first-order chi connectivity index (χ1) is 12.2. The van der Waals surface area contributed by atoms with Gasteiger partial charge in [0.25, 0.3) is 0 Å². The van der Waals surface area contributed by atoms with Crippen LogP contribution in [0.5, 0.6) is 0 Å². The lowest BCUT2D eigenvalue weighted by atomic mass is 9.96. The Morgan fingerprint density at radius 1 is 1.20 bits per heavy atom. The van der Waals surface area contributed by atoms with Crippen LogP contribution in [0.3, 0.4) is 0 Å². The molecule has 0 spiro atoms. The van der Waals surface area contributed by atoms with Gasteiger partial charge in [-0.15, -0.1) is 0 Å². The molecule has 0 aliphatic carbocycles. The first-order valence-electron chi connectivity index (χ1n) is 9.35. The second kappa shape index (κ2) is 8.74. The van der Waals surface area contributed by atoms with Crippen molar-refractivity contribution in [2.75, 3.05) is 59.5 Å². The van der Waals surface area contributed by atoms with Crippen LogP contribution in [0.2, 0.25) is 0 Å². The van der Waals surface area contributed by atoms with E-state index in [1.165, 1.54) is 0 Å². The van der Waals surface area contributed by atoms with Gasteiger partial charge in [0.2, 0.25) is 5.91 Å². The largest absolute Gasteiger partial charge is 0.396 e. The van der Waals surface area contributed by atoms with Crippen molar-refractivity contribution in [3.05, 3.63) is 30.1 Å². The number of likely N-dealkylation sites (N-methyl/N-ethyl adjacent to an activating group) is 1. The summed E-state index contributed by atoms with van der Waals surface area (Å²) in [5, 5.41) is 9.74. The summed E-state index contributed by atoms with van der Waals surface area (Å²) in [4.78, 5) is 23.6. The maximum Gasteiger partial charge on any atom is 0.222 e. The minimum atomic E-state index is 0.169. The number of nitrogens with zero attached hydrogens (tertiary/aromatic N) is 4. The lowest BCUT2D eigenvalue weighted by Gasteiger charge is -2.34. The lowest BCUT2D eigenvalue weighted by molar-refractivity contribution is -0.130. The molecule has 0 saturated carbocycles. The Bertz CT molecular complexity index is 546. The molecule has 6 heteroatoms. The average molecular weight is 346 g/mol. The van der Waals surface area contributed by atoms with Crippen LogP contribution in [-0.2, 0) is 11.2 Å². The third kappa shape index (κ3) is 5.00. The van der Waals surface area contributed by atoms with Crippen molar-refractivity contribution in [1.82, 2.24) is 19.7 Å². The second-order valence-electron chi connectivity index (χ2n) is 7.43. The number of rotatable bonds is 6. The molecule has 3 rings (SSSR count). The minimum absolute atomic E-state index is 0.169. The number of carbonyl (C=O) groups excluding carboxylic acids is 1. The van der Waals surface area contributed by atoms with Gasteiger partial charge < -0.3 is 19.8 Å². The van der Waals surface area contributed by atoms with Crippen molar-refractivity contribution in [2.45, 2.75) is 12.8 Å². The van der Waals surface area contributed by atoms with Gasteiger partial charge >= 0.3 is 0 Å². The standard InChI is InChI=1S/C19H30N4O2/c1-21-8-10-22(11-9-21)12-16-13-23(14-17(16)15-24)19(25)6-5-18-4-2-3-7-20-18/h2-4,7,16-17,24H,5-6,8-15H2,1H3/t16-,17-/m1/s1. The molecule has 2 fully saturated rings. The van der Waals surface area contributed by atoms with Crippen molar-refractivity contribution in [3.63, 3.8) is 0 Å². The molecule has 0 radical (unpaired) electrons. The number of likely N-dealkylation sites (tertiary alicyclic amines) is 1. The Labute approximate surface area is 150 Å². The van der Waals surface area contributed by atoms with E-state index in [0.29, 0.717) is 25.3 Å². The third-order valence-corrected chi connectivity index (χ3v) is 5.57. The fraction of sp³-hybridized carbons (Fsp3) is 0.684. The summed E-state index contributed by atoms with van der Waals surface area (Å²) in [6.45, 7) is 6.99. The number of aryl methyl sites for hydroxylation is 1. The summed E-state index contributed by atoms with van der Waals surface area (Å²) >= 11 is 0. The molecule has 0 bridgehead atoms. The first kappa shape index (κ1) is 18.3. The van der Waals surface area contributed by atoms with Crippen LogP contribution in [0.15, 0.2) is 24.4 Å². The van der Waals surface area contributed by atoms with E-state index in [4.69, 9.17) is 0 Å². The molecule has 138 valence electrons. The van der Waals surface area contributed by atoms with Gasteiger partial charge in [-0.1, -0.05) is 6.07 Å². The summed E-state index contributed by atoms with van der Waals surface area (Å²) < 4.78 is 0. The SMILES string of the molecule is CN1CCN(C[C@@H]2CN(C(=O)CCc3ccccn3)C[C@@H]2CO)CC1. The van der Waals surface area contributed by atoms with Gasteiger partial charge in [0.15, 0.2) is 0 Å². The molecular weight excluding hydrogens is 316 g/mol. The normalized spacial score (nSPS) is 25.4. The van der Waals surface area contributed by atoms with Gasteiger partial charge in [0.1, 0.15) is 0 Å². The van der Waals surface area contributed by atoms with Crippen LogP contribution in [0, 0.1) is 11.8 Å². The molecule has 6 nitrogen and oxygen atoms in total. The van der Waals surface area contributed by atoms with Crippen molar-refractivity contribution >= 4 is 5.91 Å². The van der Waals surface area contributed by atoms with E-state index in [1.54, 1.807) is 6.20 Å². The molecule has 1 aromatic heterocycles. The zero-order chi connectivity index (χ0) is 17.6. The summed E-state index contributed by atoms with van der Waals surface area (Å²) in [5.41, 5.74) is 0.961. The number of aliphatic hydroxyl groups excluding tert-OH is 1. The van der Waals surface area contributed by atoms with Crippen LogP contribution in [-0.4, -0.2) is 90.2 Å². The highest BCUT2D eigenvalue weighted by molar-refractivity contribution is 5.76. The number of carbonyl (C=O) groups is 1. The Morgan fingerprint density at radius 3 is 2.64 bits per heavy atom. The predicted molar refractivity (Wildman–Crippen MR) is 97.1 cm³/mol. The topological polar surface area (TPSA) is 59.9 Å². The summed E-state index contributed by atoms with van der Waals surface area (Å²) in [7, 11) is 2.16. The van der Waals surface area contributed by atoms with Gasteiger partial charge in [-0.05, 0) is 31.5 Å². The molecule has 0 aromatic carbocycles. The minimum Gasteiger partial charge on any atom is -0.396 e. The van der Waals surface area contributed by atoms with Crippen molar-refractivity contribution < 1.29 is 9.90 Å². The van der Waals surface area contributed by atoms with Crippen LogP contribution in [0.25, 0.3) is 0 Å². The smallest absolute Gasteiger partial charge is 0.222 e. The molecule has 1 amide bonds. The molecule has 2 aliphatic heterocycles. The molecular formula is C19H30N4O2. The first-order valence-corrected chi connectivity index (χ1v) is 9.35. The van der Waals surface area contributed by atoms with Crippen LogP contribution >= 0.6 is 0 Å². The summed E-state index contributed by atoms with van der Waals surface area (Å²) in [6, 6.07) is 5.81. The van der Waals surface area contributed by atoms with E-state index in [2.05, 4.69) is 21.8 Å². The Balaban J connectivity index is 1.49. The van der Waals surface area contributed by atoms with Gasteiger partial charge in [0, 0.05) is 76.6 Å². The van der Waals surface area contributed by atoms with Crippen LogP contribution in [0.1, 0.15) is 12.1 Å². The molecule has 25 heavy (non-hydrogen) atoms. The Morgan fingerprint density at radius 2 is 1.96 bits per heavy atom. The highest BCUT2D eigenvalue weighted by atomic mass is 16.3. The van der Waals surface area contributed by atoms with Gasteiger partial charge in [-0.2, -0.15) is 0 Å². The molecule has 2 aliphatic rings.